The number of para-hydroxylation sites is 1. The maximum absolute atomic E-state index is 12.7. The lowest BCUT2D eigenvalue weighted by atomic mass is 10.1. The highest BCUT2D eigenvalue weighted by Crippen LogP contribution is 2.41. The Morgan fingerprint density at radius 1 is 1.08 bits per heavy atom. The topological polar surface area (TPSA) is 53.1 Å². The Balaban J connectivity index is 1.63. The molecule has 4 rings (SSSR count). The lowest BCUT2D eigenvalue weighted by Gasteiger charge is -2.38. The van der Waals surface area contributed by atoms with Crippen molar-refractivity contribution in [2.24, 2.45) is 5.92 Å². The number of nitrogens with zero attached hydrogens (tertiary/aromatic N) is 3. The first-order valence-electron chi connectivity index (χ1n) is 9.49. The number of hydrogen-bond donors (Lipinski definition) is 0. The van der Waals surface area contributed by atoms with Crippen LogP contribution in [-0.4, -0.2) is 48.7 Å². The second-order valence-electron chi connectivity index (χ2n) is 8.44. The number of amides is 2. The van der Waals surface area contributed by atoms with Crippen LogP contribution in [0.2, 0.25) is 0 Å². The van der Waals surface area contributed by atoms with E-state index in [9.17, 15) is 9.59 Å². The Labute approximate surface area is 154 Å². The molecule has 1 saturated carbocycles. The number of hydrogen-bond acceptors (Lipinski definition) is 4. The van der Waals surface area contributed by atoms with Gasteiger partial charge in [-0.3, -0.25) is 4.79 Å². The van der Waals surface area contributed by atoms with Crippen molar-refractivity contribution in [2.75, 3.05) is 36.0 Å². The van der Waals surface area contributed by atoms with E-state index in [4.69, 9.17) is 4.74 Å². The van der Waals surface area contributed by atoms with Gasteiger partial charge in [0.1, 0.15) is 5.60 Å². The van der Waals surface area contributed by atoms with Crippen LogP contribution < -0.4 is 9.80 Å². The first-order valence-corrected chi connectivity index (χ1v) is 9.49. The summed E-state index contributed by atoms with van der Waals surface area (Å²) in [6.45, 7) is 9.08. The SMILES string of the molecule is CC(C)(C)OC(=O)N1CCN2CCN(C(=O)C3CC3)c3cccc(c32)C1. The summed E-state index contributed by atoms with van der Waals surface area (Å²) < 4.78 is 5.57. The largest absolute Gasteiger partial charge is 0.444 e. The van der Waals surface area contributed by atoms with Gasteiger partial charge < -0.3 is 19.4 Å². The van der Waals surface area contributed by atoms with Gasteiger partial charge in [-0.1, -0.05) is 12.1 Å². The lowest BCUT2D eigenvalue weighted by molar-refractivity contribution is -0.119. The van der Waals surface area contributed by atoms with Crippen LogP contribution in [0.25, 0.3) is 0 Å². The molecule has 2 amide bonds. The van der Waals surface area contributed by atoms with Gasteiger partial charge in [-0.2, -0.15) is 0 Å². The predicted octanol–water partition coefficient (Wildman–Crippen LogP) is 3.00. The molecular formula is C20H27N3O3. The quantitative estimate of drug-likeness (QED) is 0.775. The third kappa shape index (κ3) is 3.24. The number of carbonyl (C=O) groups is 2. The smallest absolute Gasteiger partial charge is 0.410 e. The van der Waals surface area contributed by atoms with E-state index in [0.29, 0.717) is 13.1 Å². The lowest BCUT2D eigenvalue weighted by Crippen LogP contribution is -2.46. The number of carbonyl (C=O) groups excluding carboxylic acids is 2. The molecule has 2 aliphatic heterocycles. The van der Waals surface area contributed by atoms with E-state index in [-0.39, 0.29) is 17.9 Å². The average molecular weight is 357 g/mol. The number of benzene rings is 1. The van der Waals surface area contributed by atoms with E-state index in [1.54, 1.807) is 4.90 Å². The van der Waals surface area contributed by atoms with Crippen molar-refractivity contribution in [3.8, 4) is 0 Å². The van der Waals surface area contributed by atoms with Crippen molar-refractivity contribution < 1.29 is 14.3 Å². The molecule has 0 saturated heterocycles. The summed E-state index contributed by atoms with van der Waals surface area (Å²) in [6, 6.07) is 6.08. The third-order valence-corrected chi connectivity index (χ3v) is 5.14. The molecule has 0 N–H and O–H groups in total. The van der Waals surface area contributed by atoms with Crippen molar-refractivity contribution in [3.05, 3.63) is 23.8 Å². The summed E-state index contributed by atoms with van der Waals surface area (Å²) in [5.41, 5.74) is 2.68. The molecule has 0 spiro atoms. The Bertz CT molecular complexity index is 736. The van der Waals surface area contributed by atoms with Crippen LogP contribution in [-0.2, 0) is 16.1 Å². The molecule has 0 radical (unpaired) electrons. The molecule has 2 heterocycles. The molecular weight excluding hydrogens is 330 g/mol. The summed E-state index contributed by atoms with van der Waals surface area (Å²) in [5, 5.41) is 0. The summed E-state index contributed by atoms with van der Waals surface area (Å²) in [6.07, 6.45) is 1.75. The van der Waals surface area contributed by atoms with Crippen molar-refractivity contribution >= 4 is 23.4 Å². The Morgan fingerprint density at radius 2 is 1.81 bits per heavy atom. The maximum atomic E-state index is 12.7. The monoisotopic (exact) mass is 357 g/mol. The van der Waals surface area contributed by atoms with E-state index in [2.05, 4.69) is 11.0 Å². The zero-order valence-corrected chi connectivity index (χ0v) is 15.8. The molecule has 1 aromatic carbocycles. The van der Waals surface area contributed by atoms with E-state index < -0.39 is 5.60 Å². The van der Waals surface area contributed by atoms with Crippen LogP contribution in [0.1, 0.15) is 39.2 Å². The first kappa shape index (κ1) is 17.2. The molecule has 0 bridgehead atoms. The summed E-state index contributed by atoms with van der Waals surface area (Å²) in [4.78, 5) is 31.3. The minimum Gasteiger partial charge on any atom is -0.444 e. The van der Waals surface area contributed by atoms with Crippen LogP contribution in [0.5, 0.6) is 0 Å². The van der Waals surface area contributed by atoms with Crippen molar-refractivity contribution in [1.29, 1.82) is 0 Å². The van der Waals surface area contributed by atoms with E-state index >= 15 is 0 Å². The third-order valence-electron chi connectivity index (χ3n) is 5.14. The molecule has 140 valence electrons. The molecule has 0 atom stereocenters. The summed E-state index contributed by atoms with van der Waals surface area (Å²) >= 11 is 0. The Morgan fingerprint density at radius 3 is 2.50 bits per heavy atom. The number of rotatable bonds is 1. The standard InChI is InChI=1S/C20H27N3O3/c1-20(2,3)26-19(25)22-10-9-21-11-12-23(18(24)14-7-8-14)16-6-4-5-15(13-22)17(16)21/h4-6,14H,7-13H2,1-3H3. The van der Waals surface area contributed by atoms with Gasteiger partial charge >= 0.3 is 6.09 Å². The highest BCUT2D eigenvalue weighted by atomic mass is 16.6. The second-order valence-corrected chi connectivity index (χ2v) is 8.44. The fourth-order valence-electron chi connectivity index (χ4n) is 3.75. The highest BCUT2D eigenvalue weighted by Gasteiger charge is 2.38. The number of ether oxygens (including phenoxy) is 1. The van der Waals surface area contributed by atoms with Crippen molar-refractivity contribution in [3.63, 3.8) is 0 Å². The van der Waals surface area contributed by atoms with Crippen LogP contribution >= 0.6 is 0 Å². The molecule has 6 heteroatoms. The minimum atomic E-state index is -0.505. The molecule has 1 fully saturated rings. The second kappa shape index (κ2) is 6.18. The van der Waals surface area contributed by atoms with Gasteiger partial charge in [-0.15, -0.1) is 0 Å². The number of anilines is 2. The van der Waals surface area contributed by atoms with Gasteiger partial charge in [0, 0.05) is 32.1 Å². The molecule has 1 aliphatic carbocycles. The Kier molecular flexibility index (Phi) is 4.09. The fourth-order valence-corrected chi connectivity index (χ4v) is 3.75. The maximum Gasteiger partial charge on any atom is 0.410 e. The van der Waals surface area contributed by atoms with Gasteiger partial charge in [-0.25, -0.2) is 4.79 Å². The molecule has 3 aliphatic rings. The predicted molar refractivity (Wildman–Crippen MR) is 100 cm³/mol. The Hall–Kier alpha value is -2.24. The molecule has 6 nitrogen and oxygen atoms in total. The zero-order valence-electron chi connectivity index (χ0n) is 15.8. The van der Waals surface area contributed by atoms with Gasteiger partial charge in [0.25, 0.3) is 0 Å². The normalized spacial score (nSPS) is 19.7. The van der Waals surface area contributed by atoms with E-state index in [1.165, 1.54) is 0 Å². The average Bonchev–Trinajstić information content (AvgIpc) is 3.40. The van der Waals surface area contributed by atoms with Gasteiger partial charge in [0.2, 0.25) is 5.91 Å². The molecule has 26 heavy (non-hydrogen) atoms. The van der Waals surface area contributed by atoms with E-state index in [0.717, 1.165) is 49.4 Å². The van der Waals surface area contributed by atoms with Gasteiger partial charge in [0.05, 0.1) is 17.9 Å². The summed E-state index contributed by atoms with van der Waals surface area (Å²) in [5.74, 6) is 0.466. The molecule has 0 aromatic heterocycles. The zero-order chi connectivity index (χ0) is 18.5. The van der Waals surface area contributed by atoms with Crippen LogP contribution in [0.3, 0.4) is 0 Å². The van der Waals surface area contributed by atoms with Crippen LogP contribution in [0, 0.1) is 5.92 Å². The molecule has 1 aromatic rings. The highest BCUT2D eigenvalue weighted by molar-refractivity contribution is 6.00. The van der Waals surface area contributed by atoms with Gasteiger partial charge in [-0.05, 0) is 45.2 Å². The minimum absolute atomic E-state index is 0.210. The first-order chi connectivity index (χ1) is 12.3. The summed E-state index contributed by atoms with van der Waals surface area (Å²) in [7, 11) is 0. The van der Waals surface area contributed by atoms with Crippen LogP contribution in [0.15, 0.2) is 18.2 Å². The van der Waals surface area contributed by atoms with E-state index in [1.807, 2.05) is 37.8 Å². The van der Waals surface area contributed by atoms with Crippen molar-refractivity contribution in [1.82, 2.24) is 4.90 Å². The molecule has 0 unspecified atom stereocenters. The van der Waals surface area contributed by atoms with Crippen molar-refractivity contribution in [2.45, 2.75) is 45.8 Å². The fraction of sp³-hybridized carbons (Fsp3) is 0.600. The van der Waals surface area contributed by atoms with Crippen LogP contribution in [0.4, 0.5) is 16.2 Å². The van der Waals surface area contributed by atoms with Gasteiger partial charge in [0.15, 0.2) is 0 Å².